The molecule has 3 rings (SSSR count). The van der Waals surface area contributed by atoms with E-state index in [0.29, 0.717) is 6.54 Å². The second kappa shape index (κ2) is 7.89. The molecule has 0 bridgehead atoms. The second-order valence-electron chi connectivity index (χ2n) is 6.36. The number of unbranched alkanes of at least 4 members (excludes halogenated alkanes) is 1. The average molecular weight is 362 g/mol. The van der Waals surface area contributed by atoms with Crippen molar-refractivity contribution in [3.63, 3.8) is 0 Å². The predicted octanol–water partition coefficient (Wildman–Crippen LogP) is 4.05. The van der Waals surface area contributed by atoms with Crippen LogP contribution in [-0.2, 0) is 19.4 Å². The van der Waals surface area contributed by atoms with Crippen molar-refractivity contribution in [1.82, 2.24) is 15.0 Å². The summed E-state index contributed by atoms with van der Waals surface area (Å²) < 4.78 is 5.39. The molecule has 1 atom stereocenters. The highest BCUT2D eigenvalue weighted by molar-refractivity contribution is 6.28. The molecule has 3 heterocycles. The maximum atomic E-state index is 6.13. The number of rotatable bonds is 8. The van der Waals surface area contributed by atoms with E-state index in [-0.39, 0.29) is 11.3 Å². The van der Waals surface area contributed by atoms with Crippen LogP contribution in [0.25, 0.3) is 11.0 Å². The van der Waals surface area contributed by atoms with Crippen LogP contribution in [0.4, 0.5) is 5.82 Å². The molecule has 134 valence electrons. The zero-order chi connectivity index (χ0) is 17.8. The summed E-state index contributed by atoms with van der Waals surface area (Å²) in [4.78, 5) is 12.2. The Bertz CT molecular complexity index is 826. The third-order valence-electron chi connectivity index (χ3n) is 4.13. The maximum absolute atomic E-state index is 6.13. The Hall–Kier alpha value is -2.05. The number of aromatic nitrogens is 3. The molecule has 0 unspecified atom stereocenters. The molecule has 0 aliphatic carbocycles. The summed E-state index contributed by atoms with van der Waals surface area (Å²) >= 11 is 6.13. The van der Waals surface area contributed by atoms with Crippen molar-refractivity contribution < 1.29 is 4.42 Å². The van der Waals surface area contributed by atoms with Crippen molar-refractivity contribution >= 4 is 28.5 Å². The van der Waals surface area contributed by atoms with Crippen LogP contribution in [0.5, 0.6) is 0 Å². The lowest BCUT2D eigenvalue weighted by atomic mass is 10.0. The molecule has 0 aliphatic heterocycles. The molecule has 6 nitrogen and oxygen atoms in total. The predicted molar refractivity (Wildman–Crippen MR) is 101 cm³/mol. The van der Waals surface area contributed by atoms with E-state index in [9.17, 15) is 0 Å². The van der Waals surface area contributed by atoms with E-state index in [1.807, 2.05) is 19.1 Å². The number of fused-ring (bicyclic) bond motifs is 1. The molecule has 7 heteroatoms. The molecule has 0 spiro atoms. The zero-order valence-electron chi connectivity index (χ0n) is 14.6. The summed E-state index contributed by atoms with van der Waals surface area (Å²) in [5, 5.41) is 4.55. The molecule has 0 radical (unpaired) electrons. The fraction of sp³-hybridized carbons (Fsp3) is 0.444. The quantitative estimate of drug-likeness (QED) is 0.526. The smallest absolute Gasteiger partial charge is 0.226 e. The molecule has 3 aromatic heterocycles. The van der Waals surface area contributed by atoms with E-state index < -0.39 is 0 Å². The molecule has 0 saturated heterocycles. The van der Waals surface area contributed by atoms with Gasteiger partial charge >= 0.3 is 0 Å². The Kier molecular flexibility index (Phi) is 5.60. The molecule has 0 amide bonds. The summed E-state index contributed by atoms with van der Waals surface area (Å²) in [6.07, 6.45) is 5.60. The van der Waals surface area contributed by atoms with Gasteiger partial charge in [0.15, 0.2) is 0 Å². The fourth-order valence-electron chi connectivity index (χ4n) is 3.02. The van der Waals surface area contributed by atoms with E-state index >= 15 is 0 Å². The Balaban J connectivity index is 2.02. The van der Waals surface area contributed by atoms with Crippen LogP contribution in [0.15, 0.2) is 22.8 Å². The Morgan fingerprint density at radius 2 is 2.24 bits per heavy atom. The number of H-pyrrole nitrogens is 1. The van der Waals surface area contributed by atoms with Crippen molar-refractivity contribution in [1.29, 1.82) is 0 Å². The number of nitrogens with zero attached hydrogens (tertiary/aromatic N) is 2. The number of aromatic amines is 1. The van der Waals surface area contributed by atoms with Crippen LogP contribution in [-0.4, -0.2) is 21.0 Å². The molecule has 0 aromatic carbocycles. The normalized spacial score (nSPS) is 12.6. The maximum Gasteiger partial charge on any atom is 0.226 e. The lowest BCUT2D eigenvalue weighted by molar-refractivity contribution is 0.518. The van der Waals surface area contributed by atoms with Gasteiger partial charge in [0.1, 0.15) is 17.2 Å². The van der Waals surface area contributed by atoms with Crippen LogP contribution in [0.3, 0.4) is 0 Å². The Morgan fingerprint density at radius 1 is 1.40 bits per heavy atom. The summed E-state index contributed by atoms with van der Waals surface area (Å²) in [5.74, 6) is 1.56. The molecule has 4 N–H and O–H groups in total. The number of nitrogens with two attached hydrogens (primary N) is 1. The van der Waals surface area contributed by atoms with E-state index in [2.05, 4.69) is 27.2 Å². The topological polar surface area (TPSA) is 92.8 Å². The first-order chi connectivity index (χ1) is 12.1. The number of furan rings is 1. The van der Waals surface area contributed by atoms with Crippen molar-refractivity contribution in [2.75, 3.05) is 5.32 Å². The molecular weight excluding hydrogens is 338 g/mol. The highest BCUT2D eigenvalue weighted by Crippen LogP contribution is 2.30. The third-order valence-corrected chi connectivity index (χ3v) is 4.30. The highest BCUT2D eigenvalue weighted by Gasteiger charge is 2.18. The van der Waals surface area contributed by atoms with Crippen molar-refractivity contribution in [3.05, 3.63) is 40.7 Å². The minimum Gasteiger partial charge on any atom is -0.467 e. The summed E-state index contributed by atoms with van der Waals surface area (Å²) in [7, 11) is 0. The van der Waals surface area contributed by atoms with Gasteiger partial charge in [0.2, 0.25) is 5.28 Å². The van der Waals surface area contributed by atoms with E-state index in [1.54, 1.807) is 6.26 Å². The van der Waals surface area contributed by atoms with Crippen LogP contribution in [0, 0.1) is 0 Å². The van der Waals surface area contributed by atoms with Gasteiger partial charge in [-0.2, -0.15) is 4.98 Å². The van der Waals surface area contributed by atoms with Gasteiger partial charge in [-0.05, 0) is 49.1 Å². The first-order valence-corrected chi connectivity index (χ1v) is 9.05. The van der Waals surface area contributed by atoms with Crippen LogP contribution >= 0.6 is 11.6 Å². The number of anilines is 1. The number of halogens is 1. The lowest BCUT2D eigenvalue weighted by Crippen LogP contribution is -2.18. The summed E-state index contributed by atoms with van der Waals surface area (Å²) in [5.41, 5.74) is 9.13. The van der Waals surface area contributed by atoms with Crippen molar-refractivity contribution in [3.8, 4) is 0 Å². The van der Waals surface area contributed by atoms with Crippen LogP contribution in [0.2, 0.25) is 5.28 Å². The lowest BCUT2D eigenvalue weighted by Gasteiger charge is -2.09. The van der Waals surface area contributed by atoms with Crippen molar-refractivity contribution in [2.24, 2.45) is 5.73 Å². The van der Waals surface area contributed by atoms with Gasteiger partial charge in [0.25, 0.3) is 0 Å². The van der Waals surface area contributed by atoms with Crippen LogP contribution < -0.4 is 11.1 Å². The first kappa shape index (κ1) is 17.8. The standard InChI is InChI=1S/C18H24ClN5O/c1-3-4-7-13-14(9-11(2)20)22-17-15(13)16(23-18(19)24-17)21-10-12-6-5-8-25-12/h5-6,8,11H,3-4,7,9-10,20H2,1-2H3,(H2,21,22,23,24)/t11-/m0/s1. The van der Waals surface area contributed by atoms with E-state index in [0.717, 1.165) is 54.0 Å². The van der Waals surface area contributed by atoms with Gasteiger partial charge in [-0.3, -0.25) is 0 Å². The summed E-state index contributed by atoms with van der Waals surface area (Å²) in [6.45, 7) is 4.73. The van der Waals surface area contributed by atoms with Gasteiger partial charge in [-0.15, -0.1) is 0 Å². The van der Waals surface area contributed by atoms with Crippen LogP contribution in [0.1, 0.15) is 43.7 Å². The minimum atomic E-state index is 0.0661. The van der Waals surface area contributed by atoms with E-state index in [1.165, 1.54) is 5.56 Å². The Labute approximate surface area is 152 Å². The minimum absolute atomic E-state index is 0.0661. The number of hydrogen-bond donors (Lipinski definition) is 3. The molecule has 0 saturated carbocycles. The van der Waals surface area contributed by atoms with Gasteiger partial charge in [-0.25, -0.2) is 4.98 Å². The molecule has 25 heavy (non-hydrogen) atoms. The van der Waals surface area contributed by atoms with Crippen molar-refractivity contribution in [2.45, 2.75) is 52.1 Å². The molecular formula is C18H24ClN5O. The molecule has 0 fully saturated rings. The number of aryl methyl sites for hydroxylation is 1. The average Bonchev–Trinajstić information content (AvgIpc) is 3.17. The molecule has 3 aromatic rings. The van der Waals surface area contributed by atoms with Gasteiger partial charge in [0.05, 0.1) is 18.2 Å². The molecule has 0 aliphatic rings. The van der Waals surface area contributed by atoms with Gasteiger partial charge in [0, 0.05) is 18.2 Å². The first-order valence-electron chi connectivity index (χ1n) is 8.67. The Morgan fingerprint density at radius 3 is 2.92 bits per heavy atom. The third kappa shape index (κ3) is 4.14. The second-order valence-corrected chi connectivity index (χ2v) is 6.70. The SMILES string of the molecule is CCCCc1c(C[C@H](C)N)[nH]c2nc(Cl)nc(NCc3ccco3)c12. The number of hydrogen-bond acceptors (Lipinski definition) is 5. The highest BCUT2D eigenvalue weighted by atomic mass is 35.5. The summed E-state index contributed by atoms with van der Waals surface area (Å²) in [6, 6.07) is 3.85. The van der Waals surface area contributed by atoms with Gasteiger partial charge in [-0.1, -0.05) is 13.3 Å². The fourth-order valence-corrected chi connectivity index (χ4v) is 3.19. The number of nitrogens with one attached hydrogen (secondary N) is 2. The van der Waals surface area contributed by atoms with Gasteiger partial charge < -0.3 is 20.5 Å². The largest absolute Gasteiger partial charge is 0.467 e. The monoisotopic (exact) mass is 361 g/mol. The van der Waals surface area contributed by atoms with E-state index in [4.69, 9.17) is 21.8 Å². The zero-order valence-corrected chi connectivity index (χ0v) is 15.4.